The Morgan fingerprint density at radius 1 is 1.35 bits per heavy atom. The number of ether oxygens (including phenoxy) is 2. The highest BCUT2D eigenvalue weighted by Crippen LogP contribution is 2.32. The Bertz CT molecular complexity index is 394. The molecule has 1 amide bonds. The Labute approximate surface area is 115 Å². The topological polar surface area (TPSA) is 76.1 Å². The third-order valence-corrected chi connectivity index (χ3v) is 2.79. The van der Waals surface area contributed by atoms with E-state index in [1.165, 1.54) is 0 Å². The van der Waals surface area contributed by atoms with Gasteiger partial charge in [0.25, 0.3) is 5.92 Å². The number of likely N-dealkylation sites (tertiary alicyclic amines) is 1. The standard InChI is InChI=1S/C12H19F2NO5/c1-11(2,3)20-10(18)15-5-7(9(17)19-4)8(16)12(13,14)6-15/h7-8,16H,5-6H2,1-4H3/t7-,8+/m0/s1. The second-order valence-electron chi connectivity index (χ2n) is 5.70. The van der Waals surface area contributed by atoms with Crippen molar-refractivity contribution in [3.8, 4) is 0 Å². The van der Waals surface area contributed by atoms with Crippen LogP contribution in [0.1, 0.15) is 20.8 Å². The first-order valence-corrected chi connectivity index (χ1v) is 6.09. The van der Waals surface area contributed by atoms with E-state index >= 15 is 0 Å². The van der Waals surface area contributed by atoms with Crippen molar-refractivity contribution in [2.24, 2.45) is 5.92 Å². The zero-order valence-electron chi connectivity index (χ0n) is 11.9. The first kappa shape index (κ1) is 16.6. The number of halogens is 2. The fourth-order valence-corrected chi connectivity index (χ4v) is 1.86. The van der Waals surface area contributed by atoms with Crippen molar-refractivity contribution in [2.75, 3.05) is 20.2 Å². The molecule has 1 rings (SSSR count). The number of amides is 1. The van der Waals surface area contributed by atoms with Crippen LogP contribution in [0.15, 0.2) is 0 Å². The van der Waals surface area contributed by atoms with Gasteiger partial charge < -0.3 is 19.5 Å². The van der Waals surface area contributed by atoms with Gasteiger partial charge in [0, 0.05) is 6.54 Å². The molecule has 20 heavy (non-hydrogen) atoms. The molecule has 0 aromatic rings. The van der Waals surface area contributed by atoms with E-state index in [9.17, 15) is 23.5 Å². The van der Waals surface area contributed by atoms with Crippen LogP contribution in [0.5, 0.6) is 0 Å². The SMILES string of the molecule is COC(=O)[C@H]1CN(C(=O)OC(C)(C)C)CC(F)(F)[C@@H]1O. The zero-order valence-corrected chi connectivity index (χ0v) is 11.9. The number of carbonyl (C=O) groups excluding carboxylic acids is 2. The number of rotatable bonds is 1. The molecule has 0 bridgehead atoms. The average Bonchev–Trinajstić information content (AvgIpc) is 2.29. The van der Waals surface area contributed by atoms with E-state index in [2.05, 4.69) is 4.74 Å². The van der Waals surface area contributed by atoms with Gasteiger partial charge in [0.2, 0.25) is 0 Å². The number of esters is 1. The summed E-state index contributed by atoms with van der Waals surface area (Å²) in [4.78, 5) is 23.9. The maximum Gasteiger partial charge on any atom is 0.410 e. The summed E-state index contributed by atoms with van der Waals surface area (Å²) < 4.78 is 36.7. The van der Waals surface area contributed by atoms with Gasteiger partial charge in [0.05, 0.1) is 13.7 Å². The maximum atomic E-state index is 13.7. The molecule has 0 aliphatic carbocycles. The molecule has 116 valence electrons. The summed E-state index contributed by atoms with van der Waals surface area (Å²) in [5.41, 5.74) is -0.844. The average molecular weight is 295 g/mol. The highest BCUT2D eigenvalue weighted by atomic mass is 19.3. The summed E-state index contributed by atoms with van der Waals surface area (Å²) in [6.45, 7) is 3.41. The van der Waals surface area contributed by atoms with Gasteiger partial charge in [-0.15, -0.1) is 0 Å². The highest BCUT2D eigenvalue weighted by Gasteiger charge is 2.53. The molecule has 1 aliphatic rings. The van der Waals surface area contributed by atoms with Gasteiger partial charge in [-0.25, -0.2) is 13.6 Å². The number of aliphatic hydroxyl groups excluding tert-OH is 1. The van der Waals surface area contributed by atoms with E-state index in [1.54, 1.807) is 20.8 Å². The van der Waals surface area contributed by atoms with Crippen molar-refractivity contribution in [1.29, 1.82) is 0 Å². The van der Waals surface area contributed by atoms with Crippen molar-refractivity contribution in [3.05, 3.63) is 0 Å². The van der Waals surface area contributed by atoms with Gasteiger partial charge in [-0.3, -0.25) is 4.79 Å². The highest BCUT2D eigenvalue weighted by molar-refractivity contribution is 5.76. The molecule has 2 atom stereocenters. The van der Waals surface area contributed by atoms with Gasteiger partial charge >= 0.3 is 12.1 Å². The number of nitrogens with zero attached hydrogens (tertiary/aromatic N) is 1. The molecule has 0 radical (unpaired) electrons. The minimum Gasteiger partial charge on any atom is -0.469 e. The monoisotopic (exact) mass is 295 g/mol. The van der Waals surface area contributed by atoms with Crippen LogP contribution in [0.3, 0.4) is 0 Å². The second-order valence-corrected chi connectivity index (χ2v) is 5.70. The first-order valence-electron chi connectivity index (χ1n) is 6.09. The quantitative estimate of drug-likeness (QED) is 0.731. The molecule has 1 fully saturated rings. The lowest BCUT2D eigenvalue weighted by Crippen LogP contribution is -2.60. The molecule has 1 heterocycles. The normalized spacial score (nSPS) is 26.1. The van der Waals surface area contributed by atoms with E-state index in [1.807, 2.05) is 0 Å². The van der Waals surface area contributed by atoms with Crippen LogP contribution < -0.4 is 0 Å². The molecule has 1 saturated heterocycles. The third kappa shape index (κ3) is 3.78. The lowest BCUT2D eigenvalue weighted by molar-refractivity contribution is -0.189. The minimum atomic E-state index is -3.60. The van der Waals surface area contributed by atoms with Crippen molar-refractivity contribution in [2.45, 2.75) is 38.4 Å². The molecule has 0 aromatic heterocycles. The van der Waals surface area contributed by atoms with E-state index in [0.29, 0.717) is 4.90 Å². The van der Waals surface area contributed by atoms with Crippen LogP contribution in [0, 0.1) is 5.92 Å². The minimum absolute atomic E-state index is 0.377. The van der Waals surface area contributed by atoms with Crippen LogP contribution in [0.2, 0.25) is 0 Å². The summed E-state index contributed by atoms with van der Waals surface area (Å²) in [5, 5.41) is 9.50. The van der Waals surface area contributed by atoms with Crippen LogP contribution in [-0.2, 0) is 14.3 Å². The summed E-state index contributed by atoms with van der Waals surface area (Å²) in [6, 6.07) is 0. The molecule has 1 N–H and O–H groups in total. The zero-order chi connectivity index (χ0) is 15.7. The number of hydrogen-bond donors (Lipinski definition) is 1. The molecular weight excluding hydrogens is 276 g/mol. The number of carbonyl (C=O) groups is 2. The fraction of sp³-hybridized carbons (Fsp3) is 0.833. The van der Waals surface area contributed by atoms with E-state index in [4.69, 9.17) is 4.74 Å². The predicted octanol–water partition coefficient (Wildman–Crippen LogP) is 1.02. The molecule has 0 aromatic carbocycles. The summed E-state index contributed by atoms with van der Waals surface area (Å²) in [6.07, 6.45) is -3.15. The van der Waals surface area contributed by atoms with Gasteiger partial charge in [0.1, 0.15) is 17.6 Å². The largest absolute Gasteiger partial charge is 0.469 e. The Balaban J connectivity index is 2.90. The molecular formula is C12H19F2NO5. The number of alkyl halides is 2. The lowest BCUT2D eigenvalue weighted by Gasteiger charge is -2.40. The number of hydrogen-bond acceptors (Lipinski definition) is 5. The Hall–Kier alpha value is -1.44. The Morgan fingerprint density at radius 2 is 1.90 bits per heavy atom. The third-order valence-electron chi connectivity index (χ3n) is 2.79. The van der Waals surface area contributed by atoms with Crippen LogP contribution >= 0.6 is 0 Å². The molecule has 0 spiro atoms. The number of piperidine rings is 1. The molecule has 8 heteroatoms. The van der Waals surface area contributed by atoms with Crippen molar-refractivity contribution < 1.29 is 33.0 Å². The van der Waals surface area contributed by atoms with Crippen LogP contribution in [0.25, 0.3) is 0 Å². The maximum absolute atomic E-state index is 13.7. The molecule has 0 saturated carbocycles. The van der Waals surface area contributed by atoms with Crippen molar-refractivity contribution in [3.63, 3.8) is 0 Å². The summed E-state index contributed by atoms with van der Waals surface area (Å²) in [7, 11) is 1.03. The predicted molar refractivity (Wildman–Crippen MR) is 64.3 cm³/mol. The number of methoxy groups -OCH3 is 1. The van der Waals surface area contributed by atoms with Gasteiger partial charge in [-0.2, -0.15) is 0 Å². The fourth-order valence-electron chi connectivity index (χ4n) is 1.86. The second kappa shape index (κ2) is 5.51. The van der Waals surface area contributed by atoms with E-state index < -0.39 is 42.2 Å². The molecule has 6 nitrogen and oxygen atoms in total. The van der Waals surface area contributed by atoms with Crippen molar-refractivity contribution >= 4 is 12.1 Å². The van der Waals surface area contributed by atoms with E-state index in [0.717, 1.165) is 7.11 Å². The molecule has 0 unspecified atom stereocenters. The van der Waals surface area contributed by atoms with Gasteiger partial charge in [0.15, 0.2) is 0 Å². The van der Waals surface area contributed by atoms with Crippen LogP contribution in [-0.4, -0.2) is 59.9 Å². The van der Waals surface area contributed by atoms with E-state index in [-0.39, 0.29) is 6.54 Å². The first-order chi connectivity index (χ1) is 8.98. The van der Waals surface area contributed by atoms with Gasteiger partial charge in [-0.05, 0) is 20.8 Å². The summed E-state index contributed by atoms with van der Waals surface area (Å²) >= 11 is 0. The Kier molecular flexibility index (Phi) is 4.58. The van der Waals surface area contributed by atoms with Gasteiger partial charge in [-0.1, -0.05) is 0 Å². The van der Waals surface area contributed by atoms with Crippen LogP contribution in [0.4, 0.5) is 13.6 Å². The molecule has 1 aliphatic heterocycles. The smallest absolute Gasteiger partial charge is 0.410 e. The Morgan fingerprint density at radius 3 is 2.35 bits per heavy atom. The van der Waals surface area contributed by atoms with Crippen molar-refractivity contribution in [1.82, 2.24) is 4.90 Å². The summed E-state index contributed by atoms with van der Waals surface area (Å²) in [5.74, 6) is -6.10. The lowest BCUT2D eigenvalue weighted by atomic mass is 9.92. The number of aliphatic hydroxyl groups is 1.